The first kappa shape index (κ1) is 23.5. The van der Waals surface area contributed by atoms with Gasteiger partial charge in [0.15, 0.2) is 11.5 Å². The summed E-state index contributed by atoms with van der Waals surface area (Å²) in [6.07, 6.45) is 0. The lowest BCUT2D eigenvalue weighted by molar-refractivity contribution is 0.0686. The van der Waals surface area contributed by atoms with Crippen LogP contribution in [-0.4, -0.2) is 47.3 Å². The Morgan fingerprint density at radius 3 is 2.39 bits per heavy atom. The number of aryl methyl sites for hydroxylation is 2. The van der Waals surface area contributed by atoms with E-state index < -0.39 is 5.97 Å². The molecule has 0 spiro atoms. The molecule has 0 fully saturated rings. The van der Waals surface area contributed by atoms with E-state index in [1.165, 1.54) is 6.07 Å². The second-order valence-corrected chi connectivity index (χ2v) is 9.06. The van der Waals surface area contributed by atoms with Gasteiger partial charge in [-0.1, -0.05) is 19.0 Å². The Balaban J connectivity index is 1.74. The molecule has 0 saturated heterocycles. The minimum absolute atomic E-state index is 0.00929. The summed E-state index contributed by atoms with van der Waals surface area (Å²) in [6.45, 7) is 8.37. The van der Waals surface area contributed by atoms with E-state index in [2.05, 4.69) is 24.0 Å². The van der Waals surface area contributed by atoms with E-state index in [9.17, 15) is 15.3 Å². The Bertz CT molecular complexity index is 1510. The molecule has 2 aromatic carbocycles. The predicted octanol–water partition coefficient (Wildman–Crippen LogP) is 5.46. The van der Waals surface area contributed by atoms with Crippen LogP contribution in [0.15, 0.2) is 28.8 Å². The topological polar surface area (TPSA) is 131 Å². The molecule has 3 N–H and O–H groups in total. The van der Waals surface area contributed by atoms with Crippen LogP contribution >= 0.6 is 0 Å². The minimum Gasteiger partial charge on any atom is -0.496 e. The van der Waals surface area contributed by atoms with Crippen LogP contribution in [0.4, 0.5) is 0 Å². The summed E-state index contributed by atoms with van der Waals surface area (Å²) in [7, 11) is 1.61. The minimum atomic E-state index is -1.11. The van der Waals surface area contributed by atoms with E-state index in [1.807, 2.05) is 26.0 Å². The molecule has 186 valence electrons. The number of carboxylic acid groups (broad SMARTS) is 1. The molecule has 0 unspecified atom stereocenters. The van der Waals surface area contributed by atoms with Gasteiger partial charge in [-0.15, -0.1) is 0 Å². The number of hydrogen-bond acceptors (Lipinski definition) is 7. The van der Waals surface area contributed by atoms with Gasteiger partial charge in [0.25, 0.3) is 0 Å². The quantitative estimate of drug-likeness (QED) is 0.307. The number of methoxy groups -OCH3 is 1. The zero-order chi connectivity index (χ0) is 25.7. The zero-order valence-corrected chi connectivity index (χ0v) is 20.7. The van der Waals surface area contributed by atoms with E-state index in [1.54, 1.807) is 13.2 Å². The fraction of sp³-hybridized carbons (Fsp3) is 0.296. The number of carboxylic acids is 1. The highest BCUT2D eigenvalue weighted by atomic mass is 16.6. The number of aromatic carboxylic acids is 1. The van der Waals surface area contributed by atoms with Crippen LogP contribution < -0.4 is 14.2 Å². The van der Waals surface area contributed by atoms with Crippen molar-refractivity contribution < 1.29 is 28.6 Å². The largest absolute Gasteiger partial charge is 0.496 e. The maximum Gasteiger partial charge on any atom is 0.339 e. The first-order valence-corrected chi connectivity index (χ1v) is 11.6. The van der Waals surface area contributed by atoms with Crippen molar-refractivity contribution in [3.8, 4) is 28.4 Å². The fourth-order valence-electron chi connectivity index (χ4n) is 4.81. The normalized spacial score (nSPS) is 12.8. The van der Waals surface area contributed by atoms with Crippen molar-refractivity contribution in [2.45, 2.75) is 33.6 Å². The lowest BCUT2D eigenvalue weighted by Gasteiger charge is -2.23. The van der Waals surface area contributed by atoms with Crippen molar-refractivity contribution in [2.24, 2.45) is 0 Å². The first-order valence-electron chi connectivity index (χ1n) is 11.6. The summed E-state index contributed by atoms with van der Waals surface area (Å²) in [4.78, 5) is 15.2. The molecule has 1 aliphatic heterocycles. The maximum atomic E-state index is 11.7. The molecular weight excluding hydrogens is 462 g/mol. The highest BCUT2D eigenvalue weighted by Crippen LogP contribution is 2.43. The van der Waals surface area contributed by atoms with Gasteiger partial charge >= 0.3 is 5.97 Å². The number of fused-ring (bicyclic) bond motifs is 2. The number of ether oxygens (including phenoxy) is 3. The molecule has 0 saturated carbocycles. The molecule has 0 aliphatic carbocycles. The van der Waals surface area contributed by atoms with Crippen LogP contribution in [0, 0.1) is 19.3 Å². The van der Waals surface area contributed by atoms with Crippen molar-refractivity contribution >= 4 is 22.6 Å². The lowest BCUT2D eigenvalue weighted by Crippen LogP contribution is -2.20. The maximum absolute atomic E-state index is 11.7. The Morgan fingerprint density at radius 2 is 1.81 bits per heavy atom. The zero-order valence-electron chi connectivity index (χ0n) is 20.7. The molecule has 4 aromatic rings. The third kappa shape index (κ3) is 3.59. The van der Waals surface area contributed by atoms with Crippen molar-refractivity contribution in [3.05, 3.63) is 58.1 Å². The van der Waals surface area contributed by atoms with Crippen LogP contribution in [0.3, 0.4) is 0 Å². The van der Waals surface area contributed by atoms with Gasteiger partial charge in [0, 0.05) is 33.3 Å². The number of hydrogen-bond donors (Lipinski definition) is 3. The van der Waals surface area contributed by atoms with Crippen molar-refractivity contribution in [2.75, 3.05) is 20.3 Å². The van der Waals surface area contributed by atoms with Crippen LogP contribution in [0.1, 0.15) is 58.4 Å². The average Bonchev–Trinajstić information content (AvgIpc) is 3.40. The number of aromatic amines is 1. The molecule has 0 bridgehead atoms. The van der Waals surface area contributed by atoms with E-state index in [0.717, 1.165) is 33.4 Å². The molecule has 3 heterocycles. The molecule has 9 heteroatoms. The fourth-order valence-corrected chi connectivity index (χ4v) is 4.81. The molecular formula is C27H27N3O6. The van der Waals surface area contributed by atoms with Gasteiger partial charge in [-0.05, 0) is 44.0 Å². The van der Waals surface area contributed by atoms with Crippen LogP contribution in [0.2, 0.25) is 0 Å². The van der Waals surface area contributed by atoms with Crippen molar-refractivity contribution in [3.63, 3.8) is 0 Å². The van der Waals surface area contributed by atoms with Gasteiger partial charge in [0.1, 0.15) is 30.3 Å². The smallest absolute Gasteiger partial charge is 0.339 e. The molecule has 0 atom stereocenters. The number of nitrogens with zero attached hydrogens (tertiary/aromatic N) is 1. The van der Waals surface area contributed by atoms with E-state index >= 15 is 0 Å². The van der Waals surface area contributed by atoms with E-state index in [4.69, 9.17) is 18.7 Å². The second kappa shape index (κ2) is 8.75. The number of nitrogens with one attached hydrogen (secondary N) is 2. The number of carbonyl (C=O) groups is 1. The molecule has 36 heavy (non-hydrogen) atoms. The number of aromatic nitrogens is 2. The van der Waals surface area contributed by atoms with Crippen LogP contribution in [0.25, 0.3) is 22.0 Å². The first-order chi connectivity index (χ1) is 17.2. The van der Waals surface area contributed by atoms with Crippen molar-refractivity contribution in [1.82, 2.24) is 10.1 Å². The van der Waals surface area contributed by atoms with E-state index in [0.29, 0.717) is 22.6 Å². The molecule has 1 aliphatic rings. The van der Waals surface area contributed by atoms with Gasteiger partial charge in [0.2, 0.25) is 0 Å². The highest BCUT2D eigenvalue weighted by Gasteiger charge is 2.29. The summed E-state index contributed by atoms with van der Waals surface area (Å²) in [5, 5.41) is 23.7. The summed E-state index contributed by atoms with van der Waals surface area (Å²) in [5.74, 6) is 0.711. The molecule has 9 nitrogen and oxygen atoms in total. The number of rotatable bonds is 6. The third-order valence-corrected chi connectivity index (χ3v) is 6.47. The Kier molecular flexibility index (Phi) is 5.70. The Labute approximate surface area is 207 Å². The second-order valence-electron chi connectivity index (χ2n) is 9.06. The standard InChI is InChI=1S/C27H27N3O6/c1-12(2)24-22(23(28)15-6-7-16(27(31)32)26-25(15)34-8-9-35-26)17-11-20(33-5)18(10-19(17)29-24)21-13(3)30-36-14(21)4/h6-7,10-12,28-29H,8-9H2,1-5H3,(H,31,32). The third-order valence-electron chi connectivity index (χ3n) is 6.47. The number of benzene rings is 2. The summed E-state index contributed by atoms with van der Waals surface area (Å²) in [6, 6.07) is 6.97. The van der Waals surface area contributed by atoms with Gasteiger partial charge in [-0.25, -0.2) is 4.79 Å². The lowest BCUT2D eigenvalue weighted by atomic mass is 9.92. The summed E-state index contributed by atoms with van der Waals surface area (Å²) in [5.41, 5.74) is 5.56. The molecule has 2 aromatic heterocycles. The molecule has 0 amide bonds. The summed E-state index contributed by atoms with van der Waals surface area (Å²) < 4.78 is 22.6. The van der Waals surface area contributed by atoms with Crippen LogP contribution in [0.5, 0.6) is 17.2 Å². The Hall–Kier alpha value is -4.27. The SMILES string of the molecule is COc1cc2c(C(=N)c3ccc(C(=O)O)c4c3OCCO4)c(C(C)C)[nH]c2cc1-c1c(C)noc1C. The van der Waals surface area contributed by atoms with Crippen molar-refractivity contribution in [1.29, 1.82) is 5.41 Å². The molecule has 0 radical (unpaired) electrons. The van der Waals surface area contributed by atoms with Gasteiger partial charge in [-0.3, -0.25) is 5.41 Å². The van der Waals surface area contributed by atoms with Gasteiger partial charge < -0.3 is 28.8 Å². The van der Waals surface area contributed by atoms with Gasteiger partial charge in [-0.2, -0.15) is 0 Å². The van der Waals surface area contributed by atoms with Gasteiger partial charge in [0.05, 0.1) is 24.1 Å². The van der Waals surface area contributed by atoms with E-state index in [-0.39, 0.29) is 41.9 Å². The van der Waals surface area contributed by atoms with Crippen LogP contribution in [-0.2, 0) is 0 Å². The average molecular weight is 490 g/mol. The number of H-pyrrole nitrogens is 1. The highest BCUT2D eigenvalue weighted by molar-refractivity contribution is 6.21. The molecule has 5 rings (SSSR count). The Morgan fingerprint density at radius 1 is 1.14 bits per heavy atom. The summed E-state index contributed by atoms with van der Waals surface area (Å²) >= 11 is 0. The predicted molar refractivity (Wildman–Crippen MR) is 134 cm³/mol. The monoisotopic (exact) mass is 489 g/mol.